The first-order valence-corrected chi connectivity index (χ1v) is 10.0. The van der Waals surface area contributed by atoms with Crippen LogP contribution in [0.5, 0.6) is 0 Å². The van der Waals surface area contributed by atoms with Crippen LogP contribution in [0, 0.1) is 5.92 Å². The number of sulfonamides is 1. The van der Waals surface area contributed by atoms with Crippen molar-refractivity contribution in [2.45, 2.75) is 30.8 Å². The van der Waals surface area contributed by atoms with Crippen molar-refractivity contribution < 1.29 is 22.4 Å². The van der Waals surface area contributed by atoms with E-state index in [1.807, 2.05) is 0 Å². The molecule has 27 heavy (non-hydrogen) atoms. The number of carbonyl (C=O) groups excluding carboxylic acids is 2. The molecule has 144 valence electrons. The summed E-state index contributed by atoms with van der Waals surface area (Å²) in [5.41, 5.74) is 0.617. The average Bonchev–Trinajstić information content (AvgIpc) is 3.25. The molecule has 2 atom stereocenters. The molecule has 1 aromatic heterocycles. The van der Waals surface area contributed by atoms with E-state index in [2.05, 4.69) is 5.32 Å². The van der Waals surface area contributed by atoms with E-state index in [1.165, 1.54) is 18.4 Å². The first kappa shape index (κ1) is 19.1. The van der Waals surface area contributed by atoms with Crippen molar-refractivity contribution in [1.82, 2.24) is 10.2 Å². The lowest BCUT2D eigenvalue weighted by atomic mass is 10.1. The zero-order valence-corrected chi connectivity index (χ0v) is 15.6. The summed E-state index contributed by atoms with van der Waals surface area (Å²) in [7, 11) is -3.82. The second-order valence-electron chi connectivity index (χ2n) is 6.60. The fourth-order valence-electron chi connectivity index (χ4n) is 3.07. The van der Waals surface area contributed by atoms with Gasteiger partial charge in [-0.2, -0.15) is 0 Å². The number of rotatable bonds is 6. The van der Waals surface area contributed by atoms with Crippen LogP contribution in [0.3, 0.4) is 0 Å². The summed E-state index contributed by atoms with van der Waals surface area (Å²) in [5.74, 6) is -0.150. The molecule has 1 saturated heterocycles. The third-order valence-corrected chi connectivity index (χ3v) is 5.47. The Balaban J connectivity index is 1.63. The van der Waals surface area contributed by atoms with Crippen LogP contribution in [0.2, 0.25) is 0 Å². The lowest BCUT2D eigenvalue weighted by Crippen LogP contribution is -2.34. The van der Waals surface area contributed by atoms with Gasteiger partial charge < -0.3 is 14.6 Å². The number of carbonyl (C=O) groups is 2. The van der Waals surface area contributed by atoms with Crippen molar-refractivity contribution in [3.8, 4) is 0 Å². The molecule has 1 aliphatic rings. The monoisotopic (exact) mass is 391 g/mol. The van der Waals surface area contributed by atoms with E-state index in [4.69, 9.17) is 9.56 Å². The summed E-state index contributed by atoms with van der Waals surface area (Å²) in [4.78, 5) is 26.3. The first-order chi connectivity index (χ1) is 12.7. The summed E-state index contributed by atoms with van der Waals surface area (Å²) in [6, 6.07) is 9.22. The van der Waals surface area contributed by atoms with Gasteiger partial charge in [-0.05, 0) is 36.8 Å². The molecular formula is C18H21N3O5S. The first-order valence-electron chi connectivity index (χ1n) is 8.47. The van der Waals surface area contributed by atoms with E-state index in [0.717, 1.165) is 0 Å². The number of benzene rings is 1. The maximum atomic E-state index is 12.5. The van der Waals surface area contributed by atoms with E-state index >= 15 is 0 Å². The summed E-state index contributed by atoms with van der Waals surface area (Å²) in [6.07, 6.45) is 1.67. The molecule has 2 heterocycles. The summed E-state index contributed by atoms with van der Waals surface area (Å²) in [6.45, 7) is 2.40. The van der Waals surface area contributed by atoms with Crippen LogP contribution in [0.4, 0.5) is 0 Å². The number of hydrogen-bond acceptors (Lipinski definition) is 5. The van der Waals surface area contributed by atoms with Crippen molar-refractivity contribution in [3.63, 3.8) is 0 Å². The SMILES string of the molecule is CC(NC(=O)C1CC(=O)N(Cc2ccco2)C1)c1cccc(S(N)(=O)=O)c1. The van der Waals surface area contributed by atoms with Crippen LogP contribution < -0.4 is 10.5 Å². The Bertz CT molecular complexity index is 940. The van der Waals surface area contributed by atoms with Crippen LogP contribution in [-0.2, 0) is 26.2 Å². The fraction of sp³-hybridized carbons (Fsp3) is 0.333. The van der Waals surface area contributed by atoms with Gasteiger partial charge in [-0.25, -0.2) is 13.6 Å². The topological polar surface area (TPSA) is 123 Å². The Kier molecular flexibility index (Phi) is 5.33. The largest absolute Gasteiger partial charge is 0.467 e. The highest BCUT2D eigenvalue weighted by Gasteiger charge is 2.35. The Morgan fingerprint density at radius 1 is 1.37 bits per heavy atom. The van der Waals surface area contributed by atoms with Gasteiger partial charge in [0.15, 0.2) is 0 Å². The van der Waals surface area contributed by atoms with Gasteiger partial charge in [-0.3, -0.25) is 9.59 Å². The predicted molar refractivity (Wildman–Crippen MR) is 96.6 cm³/mol. The van der Waals surface area contributed by atoms with Crippen LogP contribution in [-0.4, -0.2) is 31.7 Å². The minimum absolute atomic E-state index is 0.0123. The molecule has 1 aromatic carbocycles. The van der Waals surface area contributed by atoms with E-state index in [9.17, 15) is 18.0 Å². The van der Waals surface area contributed by atoms with Gasteiger partial charge in [0.25, 0.3) is 0 Å². The standard InChI is InChI=1S/C18H21N3O5S/c1-12(13-4-2-6-16(8-13)27(19,24)25)20-18(23)14-9-17(22)21(10-14)11-15-5-3-7-26-15/h2-8,12,14H,9-11H2,1H3,(H,20,23)(H2,19,24,25). The highest BCUT2D eigenvalue weighted by molar-refractivity contribution is 7.89. The minimum Gasteiger partial charge on any atom is -0.467 e. The quantitative estimate of drug-likeness (QED) is 0.765. The van der Waals surface area contributed by atoms with Crippen molar-refractivity contribution in [2.75, 3.05) is 6.54 Å². The van der Waals surface area contributed by atoms with Crippen LogP contribution >= 0.6 is 0 Å². The van der Waals surface area contributed by atoms with Gasteiger partial charge in [0.1, 0.15) is 5.76 Å². The Hall–Kier alpha value is -2.65. The van der Waals surface area contributed by atoms with Crippen molar-refractivity contribution in [1.29, 1.82) is 0 Å². The summed E-state index contributed by atoms with van der Waals surface area (Å²) in [5, 5.41) is 7.99. The third-order valence-electron chi connectivity index (χ3n) is 4.56. The average molecular weight is 391 g/mol. The molecule has 8 nitrogen and oxygen atoms in total. The predicted octanol–water partition coefficient (Wildman–Crippen LogP) is 1.15. The Labute approximate surface area is 157 Å². The molecule has 3 rings (SSSR count). The maximum absolute atomic E-state index is 12.5. The van der Waals surface area contributed by atoms with E-state index < -0.39 is 22.0 Å². The normalized spacial score (nSPS) is 18.5. The molecule has 2 amide bonds. The van der Waals surface area contributed by atoms with E-state index in [0.29, 0.717) is 24.4 Å². The van der Waals surface area contributed by atoms with Gasteiger partial charge >= 0.3 is 0 Å². The zero-order chi connectivity index (χ0) is 19.6. The number of hydrogen-bond donors (Lipinski definition) is 2. The number of primary sulfonamides is 1. The minimum atomic E-state index is -3.82. The second-order valence-corrected chi connectivity index (χ2v) is 8.16. The van der Waals surface area contributed by atoms with Crippen molar-refractivity contribution in [3.05, 3.63) is 54.0 Å². The second kappa shape index (κ2) is 7.53. The van der Waals surface area contributed by atoms with Crippen LogP contribution in [0.25, 0.3) is 0 Å². The van der Waals surface area contributed by atoms with Gasteiger partial charge in [-0.1, -0.05) is 12.1 Å². The van der Waals surface area contributed by atoms with E-state index in [1.54, 1.807) is 36.1 Å². The number of likely N-dealkylation sites (tertiary alicyclic amines) is 1. The summed E-state index contributed by atoms with van der Waals surface area (Å²) >= 11 is 0. The highest BCUT2D eigenvalue weighted by atomic mass is 32.2. The molecule has 2 unspecified atom stereocenters. The highest BCUT2D eigenvalue weighted by Crippen LogP contribution is 2.23. The van der Waals surface area contributed by atoms with Crippen molar-refractivity contribution in [2.24, 2.45) is 11.1 Å². The smallest absolute Gasteiger partial charge is 0.238 e. The summed E-state index contributed by atoms with van der Waals surface area (Å²) < 4.78 is 28.2. The van der Waals surface area contributed by atoms with Gasteiger partial charge in [0, 0.05) is 13.0 Å². The van der Waals surface area contributed by atoms with Crippen LogP contribution in [0.15, 0.2) is 52.0 Å². The maximum Gasteiger partial charge on any atom is 0.238 e. The number of furan rings is 1. The third kappa shape index (κ3) is 4.55. The zero-order valence-electron chi connectivity index (χ0n) is 14.8. The molecule has 3 N–H and O–H groups in total. The van der Waals surface area contributed by atoms with Crippen molar-refractivity contribution >= 4 is 21.8 Å². The molecular weight excluding hydrogens is 370 g/mol. The van der Waals surface area contributed by atoms with Gasteiger partial charge in [0.2, 0.25) is 21.8 Å². The lowest BCUT2D eigenvalue weighted by Gasteiger charge is -2.18. The molecule has 0 saturated carbocycles. The number of nitrogens with zero attached hydrogens (tertiary/aromatic N) is 1. The molecule has 0 spiro atoms. The Morgan fingerprint density at radius 2 is 2.15 bits per heavy atom. The van der Waals surface area contributed by atoms with E-state index in [-0.39, 0.29) is 23.1 Å². The number of amides is 2. The number of nitrogens with two attached hydrogens (primary N) is 1. The lowest BCUT2D eigenvalue weighted by molar-refractivity contribution is -0.129. The Morgan fingerprint density at radius 3 is 2.81 bits per heavy atom. The molecule has 1 fully saturated rings. The number of nitrogens with one attached hydrogen (secondary N) is 1. The molecule has 1 aliphatic heterocycles. The molecule has 9 heteroatoms. The molecule has 0 radical (unpaired) electrons. The van der Waals surface area contributed by atoms with Crippen LogP contribution in [0.1, 0.15) is 30.7 Å². The van der Waals surface area contributed by atoms with Gasteiger partial charge in [-0.15, -0.1) is 0 Å². The van der Waals surface area contributed by atoms with Gasteiger partial charge in [0.05, 0.1) is 29.7 Å². The molecule has 2 aromatic rings. The molecule has 0 aliphatic carbocycles. The molecule has 0 bridgehead atoms. The fourth-order valence-corrected chi connectivity index (χ4v) is 3.64.